The predicted molar refractivity (Wildman–Crippen MR) is 69.4 cm³/mol. The summed E-state index contributed by atoms with van der Waals surface area (Å²) in [6.45, 7) is 2.47. The Kier molecular flexibility index (Phi) is 3.49. The van der Waals surface area contributed by atoms with E-state index >= 15 is 0 Å². The number of pyridine rings is 1. The number of phenols is 1. The number of hydrogen-bond donors (Lipinski definition) is 2. The van der Waals surface area contributed by atoms with E-state index in [2.05, 4.69) is 10.3 Å². The van der Waals surface area contributed by atoms with Gasteiger partial charge < -0.3 is 10.4 Å². The minimum absolute atomic E-state index is 0.201. The summed E-state index contributed by atoms with van der Waals surface area (Å²) in [6.07, 6.45) is 3.50. The van der Waals surface area contributed by atoms with E-state index in [1.165, 1.54) is 0 Å². The Labute approximate surface area is 105 Å². The van der Waals surface area contributed by atoms with Gasteiger partial charge in [0.2, 0.25) is 0 Å². The fraction of sp³-hybridized carbons (Fsp3) is 0.154. The lowest BCUT2D eigenvalue weighted by atomic mass is 10.2. The minimum Gasteiger partial charge on any atom is -0.508 e. The number of benzene rings is 1. The highest BCUT2D eigenvalue weighted by Gasteiger charge is 2.06. The number of nitrogens with zero attached hydrogens (tertiary/aromatic N) is 1. The molecule has 0 saturated heterocycles. The van der Waals surface area contributed by atoms with Crippen LogP contribution in [0.4, 0.5) is 5.69 Å². The molecule has 88 valence electrons. The summed E-state index contributed by atoms with van der Waals surface area (Å²) in [6, 6.07) is 7.03. The molecule has 0 unspecified atom stereocenters. The van der Waals surface area contributed by atoms with Crippen LogP contribution >= 0.6 is 11.6 Å². The zero-order valence-electron chi connectivity index (χ0n) is 9.44. The highest BCUT2D eigenvalue weighted by atomic mass is 35.5. The number of phenolic OH excluding ortho intramolecular Hbond substituents is 1. The van der Waals surface area contributed by atoms with Crippen LogP contribution in [0.15, 0.2) is 36.7 Å². The first-order chi connectivity index (χ1) is 8.18. The molecule has 1 aromatic heterocycles. The molecule has 0 aliphatic carbocycles. The molecule has 2 N–H and O–H groups in total. The van der Waals surface area contributed by atoms with Crippen LogP contribution in [0.2, 0.25) is 5.02 Å². The van der Waals surface area contributed by atoms with Gasteiger partial charge in [0.25, 0.3) is 0 Å². The number of rotatable bonds is 3. The van der Waals surface area contributed by atoms with Gasteiger partial charge in [-0.3, -0.25) is 4.98 Å². The molecule has 0 atom stereocenters. The van der Waals surface area contributed by atoms with Crippen molar-refractivity contribution in [3.63, 3.8) is 0 Å². The van der Waals surface area contributed by atoms with Crippen molar-refractivity contribution in [1.82, 2.24) is 4.98 Å². The zero-order chi connectivity index (χ0) is 12.3. The molecule has 0 aliphatic heterocycles. The van der Waals surface area contributed by atoms with Crippen LogP contribution in [0, 0.1) is 6.92 Å². The van der Waals surface area contributed by atoms with Crippen LogP contribution < -0.4 is 5.32 Å². The van der Waals surface area contributed by atoms with E-state index in [1.54, 1.807) is 30.6 Å². The summed E-state index contributed by atoms with van der Waals surface area (Å²) in [5.74, 6) is 0.201. The van der Waals surface area contributed by atoms with Gasteiger partial charge in [-0.15, -0.1) is 0 Å². The fourth-order valence-electron chi connectivity index (χ4n) is 1.55. The van der Waals surface area contributed by atoms with E-state index in [0.717, 1.165) is 11.3 Å². The molecule has 0 radical (unpaired) electrons. The third kappa shape index (κ3) is 2.68. The standard InChI is InChI=1S/C13H13ClN2O/c1-9-5-6-15-8-12(9)16-7-10-11(14)3-2-4-13(10)17/h2-6,8,16-17H,7H2,1H3. The van der Waals surface area contributed by atoms with Crippen LogP contribution in [-0.2, 0) is 6.54 Å². The molecule has 0 bridgehead atoms. The molecule has 0 fully saturated rings. The van der Waals surface area contributed by atoms with Gasteiger partial charge >= 0.3 is 0 Å². The van der Waals surface area contributed by atoms with Crippen LogP contribution in [0.5, 0.6) is 5.75 Å². The molecule has 17 heavy (non-hydrogen) atoms. The normalized spacial score (nSPS) is 10.2. The third-order valence-corrected chi connectivity index (χ3v) is 2.94. The highest BCUT2D eigenvalue weighted by Crippen LogP contribution is 2.26. The molecular formula is C13H13ClN2O. The van der Waals surface area contributed by atoms with Crippen molar-refractivity contribution < 1.29 is 5.11 Å². The van der Waals surface area contributed by atoms with Gasteiger partial charge in [0.1, 0.15) is 5.75 Å². The van der Waals surface area contributed by atoms with Crippen LogP contribution in [0.3, 0.4) is 0 Å². The zero-order valence-corrected chi connectivity index (χ0v) is 10.2. The fourth-order valence-corrected chi connectivity index (χ4v) is 1.79. The number of anilines is 1. The maximum Gasteiger partial charge on any atom is 0.122 e. The van der Waals surface area contributed by atoms with Crippen molar-refractivity contribution in [2.24, 2.45) is 0 Å². The number of aryl methyl sites for hydroxylation is 1. The maximum absolute atomic E-state index is 9.70. The molecule has 3 nitrogen and oxygen atoms in total. The van der Waals surface area contributed by atoms with Crippen molar-refractivity contribution in [2.75, 3.05) is 5.32 Å². The summed E-state index contributed by atoms with van der Waals surface area (Å²) >= 11 is 6.02. The summed E-state index contributed by atoms with van der Waals surface area (Å²) in [5.41, 5.74) is 2.73. The summed E-state index contributed by atoms with van der Waals surface area (Å²) < 4.78 is 0. The maximum atomic E-state index is 9.70. The Bertz CT molecular complexity index is 508. The number of aromatic nitrogens is 1. The first-order valence-electron chi connectivity index (χ1n) is 5.29. The SMILES string of the molecule is Cc1ccncc1NCc1c(O)cccc1Cl. The number of halogens is 1. The van der Waals surface area contributed by atoms with E-state index in [0.29, 0.717) is 17.1 Å². The van der Waals surface area contributed by atoms with Gasteiger partial charge in [0, 0.05) is 23.3 Å². The van der Waals surface area contributed by atoms with Gasteiger partial charge in [-0.1, -0.05) is 17.7 Å². The van der Waals surface area contributed by atoms with Gasteiger partial charge in [-0.05, 0) is 30.7 Å². The highest BCUT2D eigenvalue weighted by molar-refractivity contribution is 6.31. The lowest BCUT2D eigenvalue weighted by Crippen LogP contribution is -2.02. The Balaban J connectivity index is 2.16. The number of aromatic hydroxyl groups is 1. The monoisotopic (exact) mass is 248 g/mol. The number of nitrogens with one attached hydrogen (secondary N) is 1. The summed E-state index contributed by atoms with van der Waals surface area (Å²) in [7, 11) is 0. The summed E-state index contributed by atoms with van der Waals surface area (Å²) in [4.78, 5) is 4.04. The van der Waals surface area contributed by atoms with Crippen molar-refractivity contribution in [1.29, 1.82) is 0 Å². The first-order valence-corrected chi connectivity index (χ1v) is 5.67. The van der Waals surface area contributed by atoms with Gasteiger partial charge in [0.05, 0.1) is 11.9 Å². The lowest BCUT2D eigenvalue weighted by molar-refractivity contribution is 0.469. The average Bonchev–Trinajstić information content (AvgIpc) is 2.30. The Morgan fingerprint density at radius 2 is 2.18 bits per heavy atom. The van der Waals surface area contributed by atoms with Crippen molar-refractivity contribution in [3.8, 4) is 5.75 Å². The largest absolute Gasteiger partial charge is 0.508 e. The predicted octanol–water partition coefficient (Wildman–Crippen LogP) is 3.36. The molecule has 4 heteroatoms. The molecule has 0 saturated carbocycles. The smallest absolute Gasteiger partial charge is 0.122 e. The molecule has 0 aliphatic rings. The first kappa shape index (κ1) is 11.7. The van der Waals surface area contributed by atoms with E-state index in [9.17, 15) is 5.11 Å². The second-order valence-corrected chi connectivity index (χ2v) is 4.19. The van der Waals surface area contributed by atoms with Crippen molar-refractivity contribution in [2.45, 2.75) is 13.5 Å². The quantitative estimate of drug-likeness (QED) is 0.876. The Morgan fingerprint density at radius 1 is 1.35 bits per heavy atom. The van der Waals surface area contributed by atoms with Crippen molar-refractivity contribution in [3.05, 3.63) is 52.8 Å². The molecule has 2 rings (SSSR count). The van der Waals surface area contributed by atoms with Gasteiger partial charge in [0.15, 0.2) is 0 Å². The second kappa shape index (κ2) is 5.06. The second-order valence-electron chi connectivity index (χ2n) is 3.78. The lowest BCUT2D eigenvalue weighted by Gasteiger charge is -2.11. The molecule has 1 heterocycles. The van der Waals surface area contributed by atoms with Gasteiger partial charge in [-0.2, -0.15) is 0 Å². The van der Waals surface area contributed by atoms with Crippen LogP contribution in [0.25, 0.3) is 0 Å². The van der Waals surface area contributed by atoms with Gasteiger partial charge in [-0.25, -0.2) is 0 Å². The molecule has 0 amide bonds. The van der Waals surface area contributed by atoms with Crippen LogP contribution in [0.1, 0.15) is 11.1 Å². The van der Waals surface area contributed by atoms with E-state index in [-0.39, 0.29) is 5.75 Å². The minimum atomic E-state index is 0.201. The topological polar surface area (TPSA) is 45.2 Å². The Morgan fingerprint density at radius 3 is 2.88 bits per heavy atom. The van der Waals surface area contributed by atoms with Crippen molar-refractivity contribution >= 4 is 17.3 Å². The van der Waals surface area contributed by atoms with Crippen LogP contribution in [-0.4, -0.2) is 10.1 Å². The molecule has 2 aromatic rings. The molecule has 0 spiro atoms. The molecular weight excluding hydrogens is 236 g/mol. The third-order valence-electron chi connectivity index (χ3n) is 2.59. The van der Waals surface area contributed by atoms with E-state index in [1.807, 2.05) is 13.0 Å². The van der Waals surface area contributed by atoms with E-state index < -0.39 is 0 Å². The number of hydrogen-bond acceptors (Lipinski definition) is 3. The average molecular weight is 249 g/mol. The summed E-state index contributed by atoms with van der Waals surface area (Å²) in [5, 5.41) is 13.5. The van der Waals surface area contributed by atoms with E-state index in [4.69, 9.17) is 11.6 Å². The molecule has 1 aromatic carbocycles. The Hall–Kier alpha value is -1.74.